The van der Waals surface area contributed by atoms with Crippen LogP contribution < -0.4 is 0 Å². The molecule has 2 N–H and O–H groups in total. The lowest BCUT2D eigenvalue weighted by atomic mass is 10.2. The van der Waals surface area contributed by atoms with E-state index in [2.05, 4.69) is 0 Å². The van der Waals surface area contributed by atoms with Gasteiger partial charge in [0.25, 0.3) is 0 Å². The third kappa shape index (κ3) is 3.38. The van der Waals surface area contributed by atoms with Crippen LogP contribution in [0.15, 0.2) is 0 Å². The zero-order valence-corrected chi connectivity index (χ0v) is 12.7. The first-order chi connectivity index (χ1) is 9.41. The summed E-state index contributed by atoms with van der Waals surface area (Å²) in [5, 5.41) is 18.6. The van der Waals surface area contributed by atoms with Gasteiger partial charge in [-0.2, -0.15) is 0 Å². The van der Waals surface area contributed by atoms with E-state index in [1.54, 1.807) is 25.7 Å². The van der Waals surface area contributed by atoms with E-state index in [1.165, 1.54) is 9.80 Å². The van der Waals surface area contributed by atoms with Gasteiger partial charge in [-0.25, -0.2) is 9.59 Å². The summed E-state index contributed by atoms with van der Waals surface area (Å²) in [5.74, 6) is -0.0247. The molecule has 6 nitrogen and oxygen atoms in total. The molecule has 0 radical (unpaired) electrons. The third-order valence-corrected chi connectivity index (χ3v) is 5.24. The Kier molecular flexibility index (Phi) is 4.80. The van der Waals surface area contributed by atoms with Crippen LogP contribution in [0, 0.1) is 5.92 Å². The molecular formula is C13H22N2O4S. The van der Waals surface area contributed by atoms with Crippen molar-refractivity contribution in [3.05, 3.63) is 0 Å². The van der Waals surface area contributed by atoms with Crippen molar-refractivity contribution in [2.75, 3.05) is 19.3 Å². The molecule has 1 heterocycles. The number of hydrogen-bond donors (Lipinski definition) is 2. The van der Waals surface area contributed by atoms with Gasteiger partial charge in [0.2, 0.25) is 0 Å². The van der Waals surface area contributed by atoms with E-state index in [1.807, 2.05) is 0 Å². The molecule has 20 heavy (non-hydrogen) atoms. The topological polar surface area (TPSA) is 81.1 Å². The van der Waals surface area contributed by atoms with Crippen LogP contribution in [0.5, 0.6) is 0 Å². The summed E-state index contributed by atoms with van der Waals surface area (Å²) in [6.45, 7) is 2.11. The van der Waals surface area contributed by atoms with E-state index < -0.39 is 18.1 Å². The summed E-state index contributed by atoms with van der Waals surface area (Å²) in [6, 6.07) is -0.966. The summed E-state index contributed by atoms with van der Waals surface area (Å²) >= 11 is 1.58. The first kappa shape index (κ1) is 15.4. The number of aliphatic hydroxyl groups excluding tert-OH is 1. The number of carbonyl (C=O) groups excluding carboxylic acids is 1. The Labute approximate surface area is 123 Å². The fourth-order valence-electron chi connectivity index (χ4n) is 2.38. The Morgan fingerprint density at radius 3 is 2.60 bits per heavy atom. The van der Waals surface area contributed by atoms with Crippen molar-refractivity contribution < 1.29 is 19.8 Å². The van der Waals surface area contributed by atoms with Crippen molar-refractivity contribution in [1.82, 2.24) is 9.80 Å². The zero-order chi connectivity index (χ0) is 14.9. The first-order valence-corrected chi connectivity index (χ1v) is 8.02. The Hall–Kier alpha value is -0.950. The fourth-order valence-corrected chi connectivity index (χ4v) is 4.00. The van der Waals surface area contributed by atoms with Gasteiger partial charge in [-0.15, -0.1) is 11.8 Å². The minimum absolute atomic E-state index is 0.00222. The smallest absolute Gasteiger partial charge is 0.327 e. The minimum Gasteiger partial charge on any atom is -0.480 e. The maximum absolute atomic E-state index is 12.5. The second-order valence-corrected chi connectivity index (χ2v) is 6.81. The van der Waals surface area contributed by atoms with Crippen molar-refractivity contribution in [2.24, 2.45) is 5.92 Å². The number of aliphatic hydroxyl groups is 1. The zero-order valence-electron chi connectivity index (χ0n) is 11.9. The molecule has 2 aliphatic rings. The standard InChI is InChI=1S/C13H22N2O4S/c1-8(16)5-6-14(2)13(19)15-10(12(17)18)7-20-11(15)9-3-4-9/h8-11,16H,3-7H2,1-2H3,(H,17,18). The molecule has 2 fully saturated rings. The van der Waals surface area contributed by atoms with Crippen LogP contribution in [0.1, 0.15) is 26.2 Å². The number of carboxylic acids is 1. The molecule has 1 saturated carbocycles. The number of hydrogen-bond acceptors (Lipinski definition) is 4. The second-order valence-electron chi connectivity index (χ2n) is 5.66. The molecule has 1 saturated heterocycles. The fraction of sp³-hybridized carbons (Fsp3) is 0.846. The van der Waals surface area contributed by atoms with Crippen LogP contribution in [0.3, 0.4) is 0 Å². The molecule has 1 aliphatic heterocycles. The van der Waals surface area contributed by atoms with Gasteiger partial charge in [0.15, 0.2) is 0 Å². The molecule has 3 atom stereocenters. The van der Waals surface area contributed by atoms with E-state index in [4.69, 9.17) is 0 Å². The van der Waals surface area contributed by atoms with Crippen LogP contribution in [-0.4, -0.2) is 68.9 Å². The molecule has 7 heteroatoms. The maximum Gasteiger partial charge on any atom is 0.327 e. The van der Waals surface area contributed by atoms with Crippen molar-refractivity contribution in [3.8, 4) is 0 Å². The van der Waals surface area contributed by atoms with Gasteiger partial charge in [-0.1, -0.05) is 0 Å². The number of urea groups is 1. The molecule has 0 spiro atoms. The highest BCUT2D eigenvalue weighted by molar-refractivity contribution is 8.00. The van der Waals surface area contributed by atoms with Gasteiger partial charge in [-0.3, -0.25) is 4.90 Å². The predicted octanol–water partition coefficient (Wildman–Crippen LogP) is 1.05. The number of nitrogens with zero attached hydrogens (tertiary/aromatic N) is 2. The summed E-state index contributed by atoms with van der Waals surface area (Å²) in [4.78, 5) is 26.9. The molecule has 2 rings (SSSR count). The summed E-state index contributed by atoms with van der Waals surface area (Å²) in [6.07, 6.45) is 2.18. The third-order valence-electron chi connectivity index (χ3n) is 3.77. The SMILES string of the molecule is CC(O)CCN(C)C(=O)N1C(C(=O)O)CSC1C1CC1. The van der Waals surface area contributed by atoms with Crippen LogP contribution in [0.4, 0.5) is 4.79 Å². The lowest BCUT2D eigenvalue weighted by Gasteiger charge is -2.31. The number of rotatable bonds is 5. The highest BCUT2D eigenvalue weighted by Gasteiger charge is 2.48. The molecular weight excluding hydrogens is 280 g/mol. The van der Waals surface area contributed by atoms with Crippen molar-refractivity contribution in [1.29, 1.82) is 0 Å². The highest BCUT2D eigenvalue weighted by Crippen LogP contribution is 2.45. The van der Waals surface area contributed by atoms with E-state index in [9.17, 15) is 19.8 Å². The molecule has 114 valence electrons. The molecule has 0 aromatic heterocycles. The Balaban J connectivity index is 2.04. The number of carbonyl (C=O) groups is 2. The lowest BCUT2D eigenvalue weighted by Crippen LogP contribution is -2.51. The van der Waals surface area contributed by atoms with E-state index in [0.29, 0.717) is 24.6 Å². The Morgan fingerprint density at radius 1 is 1.45 bits per heavy atom. The van der Waals surface area contributed by atoms with Gasteiger partial charge in [0, 0.05) is 19.3 Å². The van der Waals surface area contributed by atoms with Gasteiger partial charge in [-0.05, 0) is 32.1 Å². The highest BCUT2D eigenvalue weighted by atomic mass is 32.2. The molecule has 0 aromatic rings. The molecule has 2 amide bonds. The van der Waals surface area contributed by atoms with Crippen molar-refractivity contribution in [3.63, 3.8) is 0 Å². The predicted molar refractivity (Wildman–Crippen MR) is 76.6 cm³/mol. The summed E-state index contributed by atoms with van der Waals surface area (Å²) in [7, 11) is 1.66. The van der Waals surface area contributed by atoms with E-state index in [0.717, 1.165) is 12.8 Å². The van der Waals surface area contributed by atoms with Crippen molar-refractivity contribution >= 4 is 23.8 Å². The first-order valence-electron chi connectivity index (χ1n) is 6.97. The second kappa shape index (κ2) is 6.22. The normalized spacial score (nSPS) is 27.4. The number of amides is 2. The molecule has 1 aliphatic carbocycles. The van der Waals surface area contributed by atoms with Crippen LogP contribution in [-0.2, 0) is 4.79 Å². The van der Waals surface area contributed by atoms with Crippen LogP contribution in [0.2, 0.25) is 0 Å². The van der Waals surface area contributed by atoms with Gasteiger partial charge in [0.1, 0.15) is 6.04 Å². The average molecular weight is 302 g/mol. The number of aliphatic carboxylic acids is 1. The monoisotopic (exact) mass is 302 g/mol. The number of carboxylic acid groups (broad SMARTS) is 1. The average Bonchev–Trinajstić information content (AvgIpc) is 3.13. The maximum atomic E-state index is 12.5. The van der Waals surface area contributed by atoms with E-state index >= 15 is 0 Å². The van der Waals surface area contributed by atoms with Crippen LogP contribution >= 0.6 is 11.8 Å². The summed E-state index contributed by atoms with van der Waals surface area (Å²) < 4.78 is 0. The van der Waals surface area contributed by atoms with Gasteiger partial charge >= 0.3 is 12.0 Å². The number of thioether (sulfide) groups is 1. The van der Waals surface area contributed by atoms with Crippen LogP contribution in [0.25, 0.3) is 0 Å². The molecule has 0 aromatic carbocycles. The van der Waals surface area contributed by atoms with E-state index in [-0.39, 0.29) is 11.4 Å². The Bertz CT molecular complexity index is 387. The quantitative estimate of drug-likeness (QED) is 0.793. The Morgan fingerprint density at radius 2 is 2.10 bits per heavy atom. The lowest BCUT2D eigenvalue weighted by molar-refractivity contribution is -0.141. The minimum atomic E-state index is -0.932. The van der Waals surface area contributed by atoms with Crippen molar-refractivity contribution in [2.45, 2.75) is 43.7 Å². The largest absolute Gasteiger partial charge is 0.480 e. The van der Waals surface area contributed by atoms with Gasteiger partial charge < -0.3 is 15.1 Å². The molecule has 3 unspecified atom stereocenters. The van der Waals surface area contributed by atoms with Gasteiger partial charge in [0.05, 0.1) is 11.5 Å². The summed E-state index contributed by atoms with van der Waals surface area (Å²) in [5.41, 5.74) is 0. The molecule has 0 bridgehead atoms.